The highest BCUT2D eigenvalue weighted by atomic mass is 79.9. The first-order valence-corrected chi connectivity index (χ1v) is 10.6. The number of thiazole rings is 1. The van der Waals surface area contributed by atoms with Gasteiger partial charge in [-0.3, -0.25) is 0 Å². The van der Waals surface area contributed by atoms with E-state index >= 15 is 0 Å². The summed E-state index contributed by atoms with van der Waals surface area (Å²) in [6, 6.07) is 17.6. The van der Waals surface area contributed by atoms with E-state index in [1.807, 2.05) is 53.9 Å². The van der Waals surface area contributed by atoms with Gasteiger partial charge in [0, 0.05) is 26.4 Å². The molecule has 0 bridgehead atoms. The molecule has 142 valence electrons. The van der Waals surface area contributed by atoms with Crippen LogP contribution in [0.15, 0.2) is 58.4 Å². The number of hydrogen-bond acceptors (Lipinski definition) is 5. The Labute approximate surface area is 185 Å². The number of nitrogens with zero attached hydrogens (tertiary/aromatic N) is 3. The third-order valence-corrected chi connectivity index (χ3v) is 6.00. The third-order valence-electron chi connectivity index (χ3n) is 4.30. The highest BCUT2D eigenvalue weighted by Crippen LogP contribution is 2.30. The molecule has 4 rings (SSSR count). The van der Waals surface area contributed by atoms with Crippen LogP contribution < -0.4 is 4.74 Å². The number of halogens is 2. The molecule has 2 aromatic heterocycles. The normalized spacial score (nSPS) is 11.4. The fourth-order valence-electron chi connectivity index (χ4n) is 2.82. The quantitative estimate of drug-likeness (QED) is 0.236. The van der Waals surface area contributed by atoms with Crippen molar-refractivity contribution in [1.29, 1.82) is 5.26 Å². The molecular weight excluding hydrogens is 470 g/mol. The fraction of sp³-hybridized carbons (Fsp3) is 0.0455. The SMILES string of the molecule is COc1ccc2nc(Cl)c(/C=C(\C#N)c3nc(-c4ccc(Br)cc4)cs3)cc2c1. The third kappa shape index (κ3) is 4.18. The molecule has 4 nitrogen and oxygen atoms in total. The van der Waals surface area contributed by atoms with Crippen molar-refractivity contribution in [3.05, 3.63) is 74.1 Å². The van der Waals surface area contributed by atoms with E-state index in [0.29, 0.717) is 21.3 Å². The molecule has 7 heteroatoms. The number of pyridine rings is 1. The van der Waals surface area contributed by atoms with Crippen molar-refractivity contribution in [3.8, 4) is 23.1 Å². The Kier molecular flexibility index (Phi) is 5.63. The number of rotatable bonds is 4. The minimum Gasteiger partial charge on any atom is -0.497 e. The van der Waals surface area contributed by atoms with Crippen LogP contribution >= 0.6 is 38.9 Å². The van der Waals surface area contributed by atoms with Gasteiger partial charge in [0.15, 0.2) is 0 Å². The summed E-state index contributed by atoms with van der Waals surface area (Å²) in [5, 5.41) is 13.5. The second-order valence-corrected chi connectivity index (χ2v) is 8.27. The minimum atomic E-state index is 0.333. The summed E-state index contributed by atoms with van der Waals surface area (Å²) < 4.78 is 6.28. The molecule has 0 aliphatic carbocycles. The molecule has 0 saturated carbocycles. The van der Waals surface area contributed by atoms with Gasteiger partial charge in [-0.15, -0.1) is 11.3 Å². The Balaban J connectivity index is 1.73. The molecular formula is C22H13BrClN3OS. The summed E-state index contributed by atoms with van der Waals surface area (Å²) >= 11 is 11.2. The predicted molar refractivity (Wildman–Crippen MR) is 122 cm³/mol. The number of allylic oxidation sites excluding steroid dienone is 1. The molecule has 0 unspecified atom stereocenters. The standard InChI is InChI=1S/C22H13BrClN3OS/c1-28-18-6-7-19-14(10-18)8-15(21(24)26-19)9-16(11-25)22-27-20(12-29-22)13-2-4-17(23)5-3-13/h2-10,12H,1H3/b16-9+. The summed E-state index contributed by atoms with van der Waals surface area (Å²) in [5.74, 6) is 0.733. The lowest BCUT2D eigenvalue weighted by molar-refractivity contribution is 0.415. The van der Waals surface area contributed by atoms with Crippen molar-refractivity contribution in [2.24, 2.45) is 0 Å². The molecule has 29 heavy (non-hydrogen) atoms. The number of ether oxygens (including phenoxy) is 1. The Morgan fingerprint density at radius 1 is 1.17 bits per heavy atom. The number of fused-ring (bicyclic) bond motifs is 1. The van der Waals surface area contributed by atoms with Crippen LogP contribution in [0.4, 0.5) is 0 Å². The highest BCUT2D eigenvalue weighted by molar-refractivity contribution is 9.10. The first-order chi connectivity index (χ1) is 14.1. The van der Waals surface area contributed by atoms with E-state index < -0.39 is 0 Å². The van der Waals surface area contributed by atoms with Gasteiger partial charge in [0.25, 0.3) is 0 Å². The molecule has 0 saturated heterocycles. The molecule has 0 atom stereocenters. The maximum absolute atomic E-state index is 9.70. The van der Waals surface area contributed by atoms with Crippen LogP contribution in [0.2, 0.25) is 5.15 Å². The summed E-state index contributed by atoms with van der Waals surface area (Å²) in [5.41, 5.74) is 3.67. The number of nitriles is 1. The van der Waals surface area contributed by atoms with Gasteiger partial charge in [-0.25, -0.2) is 9.97 Å². The molecule has 0 fully saturated rings. The second-order valence-electron chi connectivity index (χ2n) is 6.14. The fourth-order valence-corrected chi connectivity index (χ4v) is 4.08. The summed E-state index contributed by atoms with van der Waals surface area (Å²) in [6.45, 7) is 0. The van der Waals surface area contributed by atoms with Gasteiger partial charge >= 0.3 is 0 Å². The van der Waals surface area contributed by atoms with E-state index in [1.165, 1.54) is 11.3 Å². The molecule has 0 spiro atoms. The number of methoxy groups -OCH3 is 1. The molecule has 0 aliphatic rings. The zero-order valence-electron chi connectivity index (χ0n) is 15.2. The zero-order chi connectivity index (χ0) is 20.4. The van der Waals surface area contributed by atoms with Crippen molar-refractivity contribution >= 4 is 61.4 Å². The maximum Gasteiger partial charge on any atom is 0.137 e. The summed E-state index contributed by atoms with van der Waals surface area (Å²) in [6.07, 6.45) is 1.72. The van der Waals surface area contributed by atoms with Crippen LogP contribution in [0.5, 0.6) is 5.75 Å². The maximum atomic E-state index is 9.70. The topological polar surface area (TPSA) is 58.8 Å². The molecule has 2 heterocycles. The Morgan fingerprint density at radius 3 is 2.69 bits per heavy atom. The first-order valence-electron chi connectivity index (χ1n) is 8.55. The van der Waals surface area contributed by atoms with Crippen molar-refractivity contribution in [3.63, 3.8) is 0 Å². The van der Waals surface area contributed by atoms with Crippen molar-refractivity contribution in [2.75, 3.05) is 7.11 Å². The molecule has 0 radical (unpaired) electrons. The Morgan fingerprint density at radius 2 is 1.97 bits per heavy atom. The van der Waals surface area contributed by atoms with Gasteiger partial charge in [-0.2, -0.15) is 5.26 Å². The lowest BCUT2D eigenvalue weighted by Gasteiger charge is -2.05. The monoisotopic (exact) mass is 481 g/mol. The van der Waals surface area contributed by atoms with Gasteiger partial charge in [0.05, 0.1) is 23.9 Å². The van der Waals surface area contributed by atoms with Crippen molar-refractivity contribution in [2.45, 2.75) is 0 Å². The summed E-state index contributed by atoms with van der Waals surface area (Å²) in [7, 11) is 1.62. The molecule has 0 aliphatic heterocycles. The van der Waals surface area contributed by atoms with E-state index in [-0.39, 0.29) is 0 Å². The van der Waals surface area contributed by atoms with E-state index in [2.05, 4.69) is 32.0 Å². The molecule has 0 N–H and O–H groups in total. The van der Waals surface area contributed by atoms with Crippen LogP contribution in [-0.4, -0.2) is 17.1 Å². The second kappa shape index (κ2) is 8.34. The van der Waals surface area contributed by atoms with Crippen LogP contribution in [0.25, 0.3) is 33.8 Å². The first kappa shape index (κ1) is 19.6. The van der Waals surface area contributed by atoms with Crippen LogP contribution in [0, 0.1) is 11.3 Å². The number of hydrogen-bond donors (Lipinski definition) is 0. The largest absolute Gasteiger partial charge is 0.497 e. The number of aromatic nitrogens is 2. The Bertz CT molecular complexity index is 1280. The highest BCUT2D eigenvalue weighted by Gasteiger charge is 2.11. The minimum absolute atomic E-state index is 0.333. The Hall–Kier alpha value is -2.72. The van der Waals surface area contributed by atoms with Crippen LogP contribution in [0.3, 0.4) is 0 Å². The van der Waals surface area contributed by atoms with Gasteiger partial charge in [0.2, 0.25) is 0 Å². The van der Waals surface area contributed by atoms with Crippen molar-refractivity contribution < 1.29 is 4.74 Å². The van der Waals surface area contributed by atoms with Gasteiger partial charge < -0.3 is 4.74 Å². The van der Waals surface area contributed by atoms with Crippen molar-refractivity contribution in [1.82, 2.24) is 9.97 Å². The van der Waals surface area contributed by atoms with Gasteiger partial charge in [-0.1, -0.05) is 39.7 Å². The lowest BCUT2D eigenvalue weighted by Crippen LogP contribution is -1.89. The van der Waals surface area contributed by atoms with E-state index in [4.69, 9.17) is 16.3 Å². The average molecular weight is 483 g/mol. The smallest absolute Gasteiger partial charge is 0.137 e. The molecule has 2 aromatic carbocycles. The lowest BCUT2D eigenvalue weighted by atomic mass is 10.1. The summed E-state index contributed by atoms with van der Waals surface area (Å²) in [4.78, 5) is 9.05. The number of benzene rings is 2. The average Bonchev–Trinajstić information content (AvgIpc) is 3.22. The molecule has 4 aromatic rings. The van der Waals surface area contributed by atoms with Crippen LogP contribution in [0.1, 0.15) is 10.6 Å². The van der Waals surface area contributed by atoms with Gasteiger partial charge in [0.1, 0.15) is 22.0 Å². The van der Waals surface area contributed by atoms with E-state index in [0.717, 1.165) is 32.4 Å². The predicted octanol–water partition coefficient (Wildman–Crippen LogP) is 6.85. The zero-order valence-corrected chi connectivity index (χ0v) is 18.3. The van der Waals surface area contributed by atoms with E-state index in [1.54, 1.807) is 13.2 Å². The van der Waals surface area contributed by atoms with Gasteiger partial charge in [-0.05, 0) is 42.5 Å². The van der Waals surface area contributed by atoms with E-state index in [9.17, 15) is 5.26 Å². The molecule has 0 amide bonds. The van der Waals surface area contributed by atoms with Crippen LogP contribution in [-0.2, 0) is 0 Å².